The van der Waals surface area contributed by atoms with E-state index in [1.165, 1.54) is 6.42 Å². The van der Waals surface area contributed by atoms with Gasteiger partial charge >= 0.3 is 0 Å². The summed E-state index contributed by atoms with van der Waals surface area (Å²) < 4.78 is 0. The molecule has 12 N–H and O–H groups in total. The van der Waals surface area contributed by atoms with Gasteiger partial charge in [0.25, 0.3) is 0 Å². The van der Waals surface area contributed by atoms with E-state index >= 15 is 0 Å². The van der Waals surface area contributed by atoms with Gasteiger partial charge in [0.15, 0.2) is 0 Å². The van der Waals surface area contributed by atoms with Crippen molar-refractivity contribution < 1.29 is 9.59 Å². The van der Waals surface area contributed by atoms with Crippen molar-refractivity contribution in [1.82, 2.24) is 21.3 Å². The molecule has 0 aliphatic carbocycles. The highest BCUT2D eigenvalue weighted by Crippen LogP contribution is 2.15. The van der Waals surface area contributed by atoms with E-state index in [1.807, 2.05) is 0 Å². The molecule has 2 atom stereocenters. The summed E-state index contributed by atoms with van der Waals surface area (Å²) >= 11 is 0. The van der Waals surface area contributed by atoms with Crippen molar-refractivity contribution in [3.05, 3.63) is 0 Å². The van der Waals surface area contributed by atoms with Crippen molar-refractivity contribution in [1.29, 1.82) is 0 Å². The molecule has 0 aliphatic heterocycles. The Morgan fingerprint density at radius 3 is 1.64 bits per heavy atom. The summed E-state index contributed by atoms with van der Waals surface area (Å²) in [6.07, 6.45) is 15.8. The van der Waals surface area contributed by atoms with Gasteiger partial charge < -0.3 is 44.2 Å². The first-order chi connectivity index (χ1) is 19.1. The van der Waals surface area contributed by atoms with E-state index in [-0.39, 0.29) is 23.8 Å². The fraction of sp³-hybridized carbons (Fsp3) is 0.931. The van der Waals surface area contributed by atoms with Gasteiger partial charge in [-0.1, -0.05) is 32.1 Å². The van der Waals surface area contributed by atoms with E-state index in [0.717, 1.165) is 122 Å². The number of hydrogen-bond donors (Lipinski definition) is 8. The minimum atomic E-state index is -0.155. The van der Waals surface area contributed by atoms with Crippen LogP contribution in [0.15, 0.2) is 0 Å². The zero-order valence-electron chi connectivity index (χ0n) is 25.0. The van der Waals surface area contributed by atoms with E-state index in [0.29, 0.717) is 32.7 Å². The van der Waals surface area contributed by atoms with Gasteiger partial charge in [0.1, 0.15) is 0 Å². The molecule has 232 valence electrons. The molecule has 0 heterocycles. The normalized spacial score (nSPS) is 12.8. The van der Waals surface area contributed by atoms with Gasteiger partial charge in [-0.3, -0.25) is 9.59 Å². The molecule has 39 heavy (non-hydrogen) atoms. The van der Waals surface area contributed by atoms with Crippen LogP contribution in [0.25, 0.3) is 0 Å². The Morgan fingerprint density at radius 2 is 0.949 bits per heavy atom. The first-order valence-corrected chi connectivity index (χ1v) is 15.9. The summed E-state index contributed by atoms with van der Waals surface area (Å²) in [4.78, 5) is 25.5. The second-order valence-electron chi connectivity index (χ2n) is 10.7. The quantitative estimate of drug-likeness (QED) is 0.0611. The lowest BCUT2D eigenvalue weighted by molar-refractivity contribution is -0.125. The average molecular weight is 557 g/mol. The highest BCUT2D eigenvalue weighted by Gasteiger charge is 2.18. The SMILES string of the molecule is NCCCCCCCC(NCCCN)C(=O)NCCCCCNC(=O)C(CCCCN)CCCNCCCN. The Kier molecular flexibility index (Phi) is 28.7. The van der Waals surface area contributed by atoms with Gasteiger partial charge in [-0.05, 0) is 116 Å². The molecule has 0 saturated heterocycles. The first-order valence-electron chi connectivity index (χ1n) is 15.9. The van der Waals surface area contributed by atoms with Gasteiger partial charge in [-0.25, -0.2) is 0 Å². The number of hydrogen-bond acceptors (Lipinski definition) is 8. The molecule has 0 saturated carbocycles. The molecule has 0 aliphatic rings. The number of nitrogens with two attached hydrogens (primary N) is 4. The third-order valence-corrected chi connectivity index (χ3v) is 7.08. The molecule has 0 fully saturated rings. The fourth-order valence-electron chi connectivity index (χ4n) is 4.61. The lowest BCUT2D eigenvalue weighted by Gasteiger charge is -2.18. The van der Waals surface area contributed by atoms with Crippen molar-refractivity contribution in [2.75, 3.05) is 58.9 Å². The molecule has 0 aromatic carbocycles. The van der Waals surface area contributed by atoms with Crippen LogP contribution < -0.4 is 44.2 Å². The zero-order valence-corrected chi connectivity index (χ0v) is 25.0. The summed E-state index contributed by atoms with van der Waals surface area (Å²) in [5.74, 6) is 0.299. The van der Waals surface area contributed by atoms with Gasteiger partial charge in [0, 0.05) is 19.0 Å². The summed E-state index contributed by atoms with van der Waals surface area (Å²) in [5, 5.41) is 13.0. The van der Waals surface area contributed by atoms with E-state index < -0.39 is 0 Å². The number of carbonyl (C=O) groups is 2. The zero-order chi connectivity index (χ0) is 28.8. The van der Waals surface area contributed by atoms with E-state index in [2.05, 4.69) is 21.3 Å². The number of rotatable bonds is 30. The highest BCUT2D eigenvalue weighted by atomic mass is 16.2. The first kappa shape index (κ1) is 37.7. The Balaban J connectivity index is 4.18. The van der Waals surface area contributed by atoms with Crippen molar-refractivity contribution in [2.45, 2.75) is 109 Å². The molecule has 0 aromatic heterocycles. The lowest BCUT2D eigenvalue weighted by atomic mass is 9.95. The maximum absolute atomic E-state index is 12.8. The molecule has 2 unspecified atom stereocenters. The molecular formula is C29H64N8O2. The second kappa shape index (κ2) is 29.7. The van der Waals surface area contributed by atoms with Gasteiger partial charge in [-0.2, -0.15) is 0 Å². The maximum atomic E-state index is 12.8. The second-order valence-corrected chi connectivity index (χ2v) is 10.7. The van der Waals surface area contributed by atoms with Crippen LogP contribution in [0.1, 0.15) is 103 Å². The minimum absolute atomic E-state index is 0.0523. The van der Waals surface area contributed by atoms with Crippen LogP contribution in [0.5, 0.6) is 0 Å². The molecule has 10 heteroatoms. The Bertz CT molecular complexity index is 507. The molecule has 0 radical (unpaired) electrons. The topological polar surface area (TPSA) is 186 Å². The summed E-state index contributed by atoms with van der Waals surface area (Å²) in [5.41, 5.74) is 22.3. The van der Waals surface area contributed by atoms with Crippen LogP contribution in [-0.2, 0) is 9.59 Å². The highest BCUT2D eigenvalue weighted by molar-refractivity contribution is 5.81. The minimum Gasteiger partial charge on any atom is -0.356 e. The predicted octanol–water partition coefficient (Wildman–Crippen LogP) is 1.46. The van der Waals surface area contributed by atoms with Crippen LogP contribution >= 0.6 is 0 Å². The van der Waals surface area contributed by atoms with Crippen molar-refractivity contribution in [3.8, 4) is 0 Å². The number of nitrogens with one attached hydrogen (secondary N) is 4. The predicted molar refractivity (Wildman–Crippen MR) is 164 cm³/mol. The summed E-state index contributed by atoms with van der Waals surface area (Å²) in [6, 6.07) is -0.155. The number of amides is 2. The Morgan fingerprint density at radius 1 is 0.462 bits per heavy atom. The monoisotopic (exact) mass is 557 g/mol. The Labute approximate surface area is 239 Å². The fourth-order valence-corrected chi connectivity index (χ4v) is 4.61. The van der Waals surface area contributed by atoms with E-state index in [1.54, 1.807) is 0 Å². The molecule has 0 rings (SSSR count). The summed E-state index contributed by atoms with van der Waals surface area (Å²) in [6.45, 7) is 6.71. The van der Waals surface area contributed by atoms with Crippen LogP contribution in [-0.4, -0.2) is 76.8 Å². The molecule has 0 spiro atoms. The van der Waals surface area contributed by atoms with Crippen LogP contribution in [0, 0.1) is 5.92 Å². The third kappa shape index (κ3) is 24.2. The Hall–Kier alpha value is -1.30. The molecule has 0 aromatic rings. The van der Waals surface area contributed by atoms with Crippen molar-refractivity contribution >= 4 is 11.8 Å². The summed E-state index contributed by atoms with van der Waals surface area (Å²) in [7, 11) is 0. The lowest BCUT2D eigenvalue weighted by Crippen LogP contribution is -2.45. The van der Waals surface area contributed by atoms with Gasteiger partial charge in [0.2, 0.25) is 11.8 Å². The smallest absolute Gasteiger partial charge is 0.237 e. The van der Waals surface area contributed by atoms with E-state index in [4.69, 9.17) is 22.9 Å². The van der Waals surface area contributed by atoms with Crippen LogP contribution in [0.3, 0.4) is 0 Å². The largest absolute Gasteiger partial charge is 0.356 e. The van der Waals surface area contributed by atoms with Crippen LogP contribution in [0.2, 0.25) is 0 Å². The van der Waals surface area contributed by atoms with Crippen molar-refractivity contribution in [3.63, 3.8) is 0 Å². The van der Waals surface area contributed by atoms with E-state index in [9.17, 15) is 9.59 Å². The number of carbonyl (C=O) groups excluding carboxylic acids is 2. The van der Waals surface area contributed by atoms with Gasteiger partial charge in [-0.15, -0.1) is 0 Å². The maximum Gasteiger partial charge on any atom is 0.237 e. The molecular weight excluding hydrogens is 492 g/mol. The number of unbranched alkanes of at least 4 members (excludes halogenated alkanes) is 7. The average Bonchev–Trinajstić information content (AvgIpc) is 2.94. The molecule has 0 bridgehead atoms. The van der Waals surface area contributed by atoms with Gasteiger partial charge in [0.05, 0.1) is 6.04 Å². The molecule has 2 amide bonds. The third-order valence-electron chi connectivity index (χ3n) is 7.08. The van der Waals surface area contributed by atoms with Crippen molar-refractivity contribution in [2.24, 2.45) is 28.9 Å². The molecule has 10 nitrogen and oxygen atoms in total. The standard InChI is InChI=1S/C29H64N8O2/c30-17-7-3-1-2-5-16-27(35-25-13-20-33)29(39)37-24-10-4-9-23-36-28(38)26(14-6-8-18-31)15-11-21-34-22-12-19-32/h26-27,34-35H,1-25,30-33H2,(H,36,38)(H,37,39). The van der Waals surface area contributed by atoms with Crippen LogP contribution in [0.4, 0.5) is 0 Å².